The molecule has 0 aliphatic heterocycles. The number of anilines is 2. The minimum Gasteiger partial charge on any atom is -0.478 e. The minimum absolute atomic E-state index is 0.0915. The molecule has 0 aliphatic rings. The van der Waals surface area contributed by atoms with Gasteiger partial charge in [0.05, 0.1) is 42.7 Å². The van der Waals surface area contributed by atoms with Gasteiger partial charge in [0.15, 0.2) is 5.13 Å². The number of thioether (sulfide) groups is 1. The summed E-state index contributed by atoms with van der Waals surface area (Å²) >= 11 is 26.7. The van der Waals surface area contributed by atoms with Crippen molar-refractivity contribution in [2.45, 2.75) is 11.8 Å². The summed E-state index contributed by atoms with van der Waals surface area (Å²) < 4.78 is 0. The fraction of sp³-hybridized carbons (Fsp3) is 0.0769. The molecule has 13 heteroatoms. The van der Waals surface area contributed by atoms with Gasteiger partial charge in [-0.15, -0.1) is 23.1 Å². The van der Waals surface area contributed by atoms with E-state index in [4.69, 9.17) is 46.4 Å². The molecule has 7 nitrogen and oxygen atoms in total. The van der Waals surface area contributed by atoms with Gasteiger partial charge in [-0.1, -0.05) is 82.3 Å². The molecule has 4 aromatic rings. The SMILES string of the molecule is Cc1ccc(-c2csc(NC(=O)CSc3cccc(NC(=O)c4c(Cl)c(Cl)c(Cl)c(Cl)c4C(=O)O)c3)n2)cc1. The normalized spacial score (nSPS) is 10.8. The number of carbonyl (C=O) groups is 3. The fourth-order valence-corrected chi connectivity index (χ4v) is 5.91. The monoisotopic (exact) mass is 639 g/mol. The molecule has 0 saturated heterocycles. The van der Waals surface area contributed by atoms with Gasteiger partial charge in [0.2, 0.25) is 5.91 Å². The molecule has 200 valence electrons. The number of aromatic nitrogens is 1. The molecule has 3 aromatic carbocycles. The molecule has 0 saturated carbocycles. The van der Waals surface area contributed by atoms with Gasteiger partial charge in [0.1, 0.15) is 0 Å². The second-order valence-corrected chi connectivity index (χ2v) is 11.5. The number of hydrogen-bond donors (Lipinski definition) is 3. The molecule has 0 spiro atoms. The van der Waals surface area contributed by atoms with Crippen LogP contribution in [0.25, 0.3) is 11.3 Å². The number of aromatic carboxylic acids is 1. The molecule has 0 radical (unpaired) electrons. The lowest BCUT2D eigenvalue weighted by Crippen LogP contribution is -2.18. The van der Waals surface area contributed by atoms with Crippen molar-refractivity contribution in [1.29, 1.82) is 0 Å². The lowest BCUT2D eigenvalue weighted by atomic mass is 10.1. The molecule has 2 amide bonds. The summed E-state index contributed by atoms with van der Waals surface area (Å²) in [5.41, 5.74) is 2.24. The molecule has 4 rings (SSSR count). The van der Waals surface area contributed by atoms with Gasteiger partial charge in [-0.2, -0.15) is 0 Å². The van der Waals surface area contributed by atoms with Crippen LogP contribution in [0.5, 0.6) is 0 Å². The Hall–Kier alpha value is -2.79. The van der Waals surface area contributed by atoms with Crippen molar-refractivity contribution in [3.05, 3.63) is 90.7 Å². The lowest BCUT2D eigenvalue weighted by Gasteiger charge is -2.14. The van der Waals surface area contributed by atoms with Crippen molar-refractivity contribution in [3.63, 3.8) is 0 Å². The van der Waals surface area contributed by atoms with Crippen molar-refractivity contribution in [2.24, 2.45) is 0 Å². The van der Waals surface area contributed by atoms with Crippen LogP contribution in [0.2, 0.25) is 20.1 Å². The highest BCUT2D eigenvalue weighted by atomic mass is 35.5. The van der Waals surface area contributed by atoms with Gasteiger partial charge >= 0.3 is 5.97 Å². The first-order valence-electron chi connectivity index (χ1n) is 11.0. The molecule has 1 heterocycles. The van der Waals surface area contributed by atoms with Gasteiger partial charge in [-0.05, 0) is 25.1 Å². The maximum Gasteiger partial charge on any atom is 0.338 e. The second kappa shape index (κ2) is 12.6. The molecular weight excluding hydrogens is 624 g/mol. The third-order valence-corrected chi connectivity index (χ3v) is 8.82. The van der Waals surface area contributed by atoms with Crippen LogP contribution in [0, 0.1) is 6.92 Å². The average molecular weight is 641 g/mol. The Morgan fingerprint density at radius 3 is 2.26 bits per heavy atom. The number of thiazole rings is 1. The van der Waals surface area contributed by atoms with Gasteiger partial charge in [0.25, 0.3) is 5.91 Å². The second-order valence-electron chi connectivity index (χ2n) is 8.03. The molecule has 0 atom stereocenters. The van der Waals surface area contributed by atoms with E-state index < -0.39 is 28.0 Å². The van der Waals surface area contributed by atoms with Gasteiger partial charge in [0, 0.05) is 21.5 Å². The van der Waals surface area contributed by atoms with Crippen LogP contribution in [-0.4, -0.2) is 33.6 Å². The summed E-state index contributed by atoms with van der Waals surface area (Å²) in [7, 11) is 0. The number of hydrogen-bond acceptors (Lipinski definition) is 6. The smallest absolute Gasteiger partial charge is 0.338 e. The summed E-state index contributed by atoms with van der Waals surface area (Å²) in [6.07, 6.45) is 0. The van der Waals surface area contributed by atoms with Crippen molar-refractivity contribution in [1.82, 2.24) is 4.98 Å². The van der Waals surface area contributed by atoms with E-state index in [1.54, 1.807) is 24.3 Å². The number of benzene rings is 3. The number of aryl methyl sites for hydroxylation is 1. The molecule has 39 heavy (non-hydrogen) atoms. The minimum atomic E-state index is -1.49. The number of carbonyl (C=O) groups excluding carboxylic acids is 2. The van der Waals surface area contributed by atoms with Crippen molar-refractivity contribution >= 4 is 98.1 Å². The van der Waals surface area contributed by atoms with E-state index in [0.29, 0.717) is 15.7 Å². The molecule has 0 aliphatic carbocycles. The highest BCUT2D eigenvalue weighted by molar-refractivity contribution is 8.00. The molecule has 0 bridgehead atoms. The van der Waals surface area contributed by atoms with Crippen LogP contribution in [0.3, 0.4) is 0 Å². The van der Waals surface area contributed by atoms with E-state index in [-0.39, 0.29) is 26.7 Å². The summed E-state index contributed by atoms with van der Waals surface area (Å²) in [5.74, 6) is -2.49. The number of nitrogens with one attached hydrogen (secondary N) is 2. The van der Waals surface area contributed by atoms with Gasteiger partial charge in [-0.3, -0.25) is 9.59 Å². The van der Waals surface area contributed by atoms with E-state index in [1.807, 2.05) is 36.6 Å². The maximum absolute atomic E-state index is 13.0. The Bertz CT molecular complexity index is 1590. The van der Waals surface area contributed by atoms with Crippen LogP contribution in [0.4, 0.5) is 10.8 Å². The fourth-order valence-electron chi connectivity index (χ4n) is 3.40. The highest BCUT2D eigenvalue weighted by Gasteiger charge is 2.29. The number of nitrogens with zero attached hydrogens (tertiary/aromatic N) is 1. The van der Waals surface area contributed by atoms with Crippen LogP contribution >= 0.6 is 69.5 Å². The Labute approximate surface area is 251 Å². The van der Waals surface area contributed by atoms with Crippen LogP contribution < -0.4 is 10.6 Å². The maximum atomic E-state index is 13.0. The third-order valence-electron chi connectivity index (χ3n) is 5.27. The van der Waals surface area contributed by atoms with Crippen LogP contribution in [0.1, 0.15) is 26.3 Å². The largest absolute Gasteiger partial charge is 0.478 e. The first-order valence-corrected chi connectivity index (χ1v) is 14.4. The average Bonchev–Trinajstić information content (AvgIpc) is 3.36. The standard InChI is InChI=1S/C26H17Cl4N3O4S2/c1-12-5-7-13(8-6-12)16-10-39-26(32-16)33-17(34)11-38-15-4-2-3-14(9-15)31-24(35)18-19(25(36)37)21(28)23(30)22(29)20(18)27/h2-10H,11H2,1H3,(H,31,35)(H,36,37)(H,32,33,34). The zero-order valence-corrected chi connectivity index (χ0v) is 24.5. The number of halogens is 4. The zero-order chi connectivity index (χ0) is 28.3. The predicted molar refractivity (Wildman–Crippen MR) is 159 cm³/mol. The third kappa shape index (κ3) is 6.87. The molecule has 0 fully saturated rings. The van der Waals surface area contributed by atoms with Gasteiger partial charge in [-0.25, -0.2) is 9.78 Å². The van der Waals surface area contributed by atoms with E-state index in [2.05, 4.69) is 15.6 Å². The zero-order valence-electron chi connectivity index (χ0n) is 19.9. The summed E-state index contributed by atoms with van der Waals surface area (Å²) in [6, 6.07) is 14.6. The van der Waals surface area contributed by atoms with E-state index in [1.165, 1.54) is 23.1 Å². The Balaban J connectivity index is 1.41. The summed E-state index contributed by atoms with van der Waals surface area (Å²) in [5, 5.41) is 16.1. The Morgan fingerprint density at radius 1 is 0.923 bits per heavy atom. The molecule has 1 aromatic heterocycles. The van der Waals surface area contributed by atoms with E-state index in [9.17, 15) is 19.5 Å². The summed E-state index contributed by atoms with van der Waals surface area (Å²) in [6.45, 7) is 2.01. The predicted octanol–water partition coefficient (Wildman–Crippen LogP) is 8.41. The highest BCUT2D eigenvalue weighted by Crippen LogP contribution is 2.42. The van der Waals surface area contributed by atoms with Gasteiger partial charge < -0.3 is 15.7 Å². The Morgan fingerprint density at radius 2 is 1.59 bits per heavy atom. The first kappa shape index (κ1) is 29.2. The quantitative estimate of drug-likeness (QED) is 0.101. The van der Waals surface area contributed by atoms with Crippen molar-refractivity contribution < 1.29 is 19.5 Å². The van der Waals surface area contributed by atoms with E-state index >= 15 is 0 Å². The number of rotatable bonds is 8. The Kier molecular flexibility index (Phi) is 9.43. The first-order chi connectivity index (χ1) is 18.5. The number of amides is 2. The molecular formula is C26H17Cl4N3O4S2. The van der Waals surface area contributed by atoms with Crippen molar-refractivity contribution in [2.75, 3.05) is 16.4 Å². The van der Waals surface area contributed by atoms with Crippen LogP contribution in [0.15, 0.2) is 58.8 Å². The molecule has 0 unspecified atom stereocenters. The topological polar surface area (TPSA) is 108 Å². The lowest BCUT2D eigenvalue weighted by molar-refractivity contribution is -0.113. The van der Waals surface area contributed by atoms with Crippen molar-refractivity contribution in [3.8, 4) is 11.3 Å². The number of carboxylic acids is 1. The van der Waals surface area contributed by atoms with Crippen LogP contribution in [-0.2, 0) is 4.79 Å². The number of carboxylic acid groups (broad SMARTS) is 1. The van der Waals surface area contributed by atoms with E-state index in [0.717, 1.165) is 16.8 Å². The summed E-state index contributed by atoms with van der Waals surface area (Å²) in [4.78, 5) is 42.4. The molecule has 3 N–H and O–H groups in total.